The first-order valence-electron chi connectivity index (χ1n) is 9.90. The first kappa shape index (κ1) is 22.0. The van der Waals surface area contributed by atoms with Crippen LogP contribution in [0.15, 0.2) is 60.6 Å². The normalized spacial score (nSPS) is 16.9. The zero-order chi connectivity index (χ0) is 22.9. The van der Waals surface area contributed by atoms with E-state index in [-0.39, 0.29) is 27.8 Å². The van der Waals surface area contributed by atoms with Crippen LogP contribution >= 0.6 is 23.2 Å². The van der Waals surface area contributed by atoms with E-state index in [1.165, 1.54) is 18.5 Å². The molecule has 1 aromatic heterocycles. The largest absolute Gasteiger partial charge is 0.480 e. The number of aliphatic carboxylic acids is 1. The standard InChI is InChI=1S/C23H19Cl2N3O4/c24-15-11-26-12-16(25)20(15)21(30)27-14-5-3-13(4-6-14)9-17(22(31)32)28-18-10-19(29)23(18)7-1-2-8-23/h1-6,10-12,17,28H,7-9H2,(H,27,30)(H,31,32). The van der Waals surface area contributed by atoms with Gasteiger partial charge in [-0.05, 0) is 30.5 Å². The monoisotopic (exact) mass is 471 g/mol. The summed E-state index contributed by atoms with van der Waals surface area (Å²) in [6.07, 6.45) is 9.44. The molecule has 1 atom stereocenters. The fourth-order valence-electron chi connectivity index (χ4n) is 3.89. The number of benzene rings is 1. The van der Waals surface area contributed by atoms with E-state index >= 15 is 0 Å². The molecule has 1 heterocycles. The van der Waals surface area contributed by atoms with E-state index < -0.39 is 23.3 Å². The van der Waals surface area contributed by atoms with Crippen molar-refractivity contribution in [1.82, 2.24) is 10.3 Å². The van der Waals surface area contributed by atoms with E-state index in [0.717, 1.165) is 5.56 Å². The van der Waals surface area contributed by atoms with Gasteiger partial charge in [-0.25, -0.2) is 4.79 Å². The van der Waals surface area contributed by atoms with E-state index in [0.29, 0.717) is 24.2 Å². The van der Waals surface area contributed by atoms with Crippen LogP contribution in [-0.4, -0.2) is 33.8 Å². The molecule has 1 spiro atoms. The number of carbonyl (C=O) groups excluding carboxylic acids is 2. The van der Waals surface area contributed by atoms with Crippen LogP contribution in [0, 0.1) is 5.41 Å². The van der Waals surface area contributed by atoms with E-state index in [2.05, 4.69) is 15.6 Å². The van der Waals surface area contributed by atoms with Crippen LogP contribution < -0.4 is 10.6 Å². The average Bonchev–Trinajstić information content (AvgIpc) is 3.27. The number of carboxylic acids is 1. The van der Waals surface area contributed by atoms with Crippen molar-refractivity contribution >= 4 is 46.5 Å². The highest BCUT2D eigenvalue weighted by Gasteiger charge is 2.49. The summed E-state index contributed by atoms with van der Waals surface area (Å²) in [5.74, 6) is -1.45. The Hall–Kier alpha value is -3.16. The number of aromatic nitrogens is 1. The van der Waals surface area contributed by atoms with Gasteiger partial charge in [0.15, 0.2) is 5.78 Å². The van der Waals surface area contributed by atoms with Gasteiger partial charge in [0.25, 0.3) is 5.91 Å². The topological polar surface area (TPSA) is 108 Å². The van der Waals surface area contributed by atoms with Gasteiger partial charge in [0.2, 0.25) is 0 Å². The zero-order valence-electron chi connectivity index (χ0n) is 16.8. The summed E-state index contributed by atoms with van der Waals surface area (Å²) in [5.41, 5.74) is 1.45. The van der Waals surface area contributed by atoms with Crippen molar-refractivity contribution in [3.63, 3.8) is 0 Å². The minimum Gasteiger partial charge on any atom is -0.480 e. The number of allylic oxidation sites excluding steroid dienone is 4. The molecule has 164 valence electrons. The summed E-state index contributed by atoms with van der Waals surface area (Å²) in [5, 5.41) is 15.7. The number of nitrogens with zero attached hydrogens (tertiary/aromatic N) is 1. The molecule has 0 fully saturated rings. The van der Waals surface area contributed by atoms with Gasteiger partial charge < -0.3 is 15.7 Å². The second-order valence-electron chi connectivity index (χ2n) is 7.75. The van der Waals surface area contributed by atoms with Gasteiger partial charge in [0.1, 0.15) is 6.04 Å². The molecule has 0 saturated carbocycles. The third-order valence-corrected chi connectivity index (χ3v) is 6.30. The first-order chi connectivity index (χ1) is 15.3. The second kappa shape index (κ2) is 8.76. The molecule has 2 aliphatic carbocycles. The maximum atomic E-state index is 12.5. The smallest absolute Gasteiger partial charge is 0.326 e. The lowest BCUT2D eigenvalue weighted by molar-refractivity contribution is -0.139. The lowest BCUT2D eigenvalue weighted by atomic mass is 9.69. The molecule has 9 heteroatoms. The van der Waals surface area contributed by atoms with Gasteiger partial charge in [-0.1, -0.05) is 47.5 Å². The average molecular weight is 472 g/mol. The number of nitrogens with one attached hydrogen (secondary N) is 2. The van der Waals surface area contributed by atoms with Crippen molar-refractivity contribution in [3.8, 4) is 0 Å². The Morgan fingerprint density at radius 2 is 1.72 bits per heavy atom. The summed E-state index contributed by atoms with van der Waals surface area (Å²) in [4.78, 5) is 40.2. The number of hydrogen-bond acceptors (Lipinski definition) is 5. The molecular weight excluding hydrogens is 453 g/mol. The van der Waals surface area contributed by atoms with Crippen LogP contribution in [-0.2, 0) is 16.0 Å². The number of anilines is 1. The van der Waals surface area contributed by atoms with Crippen LogP contribution in [0.25, 0.3) is 0 Å². The Kier molecular flexibility index (Phi) is 6.04. The molecule has 2 aliphatic rings. The lowest BCUT2D eigenvalue weighted by Crippen LogP contribution is -2.50. The molecule has 32 heavy (non-hydrogen) atoms. The molecule has 0 bridgehead atoms. The highest BCUT2D eigenvalue weighted by atomic mass is 35.5. The van der Waals surface area contributed by atoms with E-state index in [1.807, 2.05) is 12.2 Å². The summed E-state index contributed by atoms with van der Waals surface area (Å²) in [7, 11) is 0. The maximum absolute atomic E-state index is 12.5. The number of hydrogen-bond donors (Lipinski definition) is 3. The number of halogens is 2. The molecule has 1 amide bonds. The van der Waals surface area contributed by atoms with E-state index in [9.17, 15) is 19.5 Å². The first-order valence-corrected chi connectivity index (χ1v) is 10.7. The van der Waals surface area contributed by atoms with Gasteiger partial charge in [-0.2, -0.15) is 0 Å². The van der Waals surface area contributed by atoms with Gasteiger partial charge in [-0.15, -0.1) is 0 Å². The molecule has 1 aromatic carbocycles. The molecule has 1 unspecified atom stereocenters. The van der Waals surface area contributed by atoms with Crippen LogP contribution in [0.5, 0.6) is 0 Å². The van der Waals surface area contributed by atoms with Gasteiger partial charge in [0.05, 0.1) is 21.0 Å². The quantitative estimate of drug-likeness (QED) is 0.526. The molecular formula is C23H19Cl2N3O4. The SMILES string of the molecule is O=C(Nc1ccc(CC(NC2=CC(=O)C23CC=CC3)C(=O)O)cc1)c1c(Cl)cncc1Cl. The highest BCUT2D eigenvalue weighted by Crippen LogP contribution is 2.46. The lowest BCUT2D eigenvalue weighted by Gasteiger charge is -2.38. The van der Waals surface area contributed by atoms with Crippen molar-refractivity contribution in [2.24, 2.45) is 5.41 Å². The predicted octanol–water partition coefficient (Wildman–Crippen LogP) is 4.03. The van der Waals surface area contributed by atoms with Crippen molar-refractivity contribution in [2.45, 2.75) is 25.3 Å². The Labute approximate surface area is 194 Å². The number of ketones is 1. The number of carboxylic acid groups (broad SMARTS) is 1. The van der Waals surface area contributed by atoms with Gasteiger partial charge in [-0.3, -0.25) is 14.6 Å². The Morgan fingerprint density at radius 1 is 1.09 bits per heavy atom. The van der Waals surface area contributed by atoms with Crippen molar-refractivity contribution in [1.29, 1.82) is 0 Å². The number of rotatable bonds is 7. The number of pyridine rings is 1. The van der Waals surface area contributed by atoms with Gasteiger partial charge >= 0.3 is 5.97 Å². The number of amides is 1. The third-order valence-electron chi connectivity index (χ3n) is 5.72. The predicted molar refractivity (Wildman–Crippen MR) is 121 cm³/mol. The van der Waals surface area contributed by atoms with Crippen LogP contribution in [0.3, 0.4) is 0 Å². The van der Waals surface area contributed by atoms with Crippen molar-refractivity contribution in [2.75, 3.05) is 5.32 Å². The Bertz CT molecular complexity index is 1130. The molecule has 2 aromatic rings. The Morgan fingerprint density at radius 3 is 2.28 bits per heavy atom. The molecule has 0 aliphatic heterocycles. The summed E-state index contributed by atoms with van der Waals surface area (Å²) in [6, 6.07) is 5.92. The maximum Gasteiger partial charge on any atom is 0.326 e. The zero-order valence-corrected chi connectivity index (χ0v) is 18.3. The highest BCUT2D eigenvalue weighted by molar-refractivity contribution is 6.40. The molecule has 0 saturated heterocycles. The third kappa shape index (κ3) is 4.13. The van der Waals surface area contributed by atoms with Gasteiger partial charge in [0, 0.05) is 36.3 Å². The van der Waals surface area contributed by atoms with Crippen molar-refractivity contribution in [3.05, 3.63) is 81.8 Å². The van der Waals surface area contributed by atoms with Crippen LogP contribution in [0.4, 0.5) is 5.69 Å². The molecule has 0 radical (unpaired) electrons. The summed E-state index contributed by atoms with van der Waals surface area (Å²) < 4.78 is 0. The second-order valence-corrected chi connectivity index (χ2v) is 8.57. The summed E-state index contributed by atoms with van der Waals surface area (Å²) >= 11 is 12.0. The molecule has 3 N–H and O–H groups in total. The van der Waals surface area contributed by atoms with Crippen LogP contribution in [0.2, 0.25) is 10.0 Å². The minimum absolute atomic E-state index is 0.0311. The fraction of sp³-hybridized carbons (Fsp3) is 0.217. The minimum atomic E-state index is -1.01. The molecule has 4 rings (SSSR count). The number of carbonyl (C=O) groups is 3. The van der Waals surface area contributed by atoms with Crippen LogP contribution in [0.1, 0.15) is 28.8 Å². The van der Waals surface area contributed by atoms with E-state index in [1.54, 1.807) is 24.3 Å². The van der Waals surface area contributed by atoms with Crippen molar-refractivity contribution < 1.29 is 19.5 Å². The van der Waals surface area contributed by atoms with E-state index in [4.69, 9.17) is 23.2 Å². The Balaban J connectivity index is 1.42. The fourth-order valence-corrected chi connectivity index (χ4v) is 4.42. The summed E-state index contributed by atoms with van der Waals surface area (Å²) in [6.45, 7) is 0. The molecule has 7 nitrogen and oxygen atoms in total.